The average molecular weight is 334 g/mol. The Morgan fingerprint density at radius 3 is 2.68 bits per heavy atom. The van der Waals surface area contributed by atoms with Gasteiger partial charge in [0.25, 0.3) is 5.91 Å². The van der Waals surface area contributed by atoms with Gasteiger partial charge in [-0.15, -0.1) is 0 Å². The molecule has 3 heterocycles. The molecule has 3 aliphatic heterocycles. The van der Waals surface area contributed by atoms with Gasteiger partial charge in [0, 0.05) is 16.7 Å². The van der Waals surface area contributed by atoms with Crippen LogP contribution < -0.4 is 14.9 Å². The summed E-state index contributed by atoms with van der Waals surface area (Å²) in [7, 11) is 0. The minimum atomic E-state index is -0.187. The molecule has 3 aliphatic rings. The van der Waals surface area contributed by atoms with Crippen molar-refractivity contribution in [1.29, 1.82) is 0 Å². The number of nitrogens with one attached hydrogen (secondary N) is 1. The predicted octanol–water partition coefficient (Wildman–Crippen LogP) is 1.32. The van der Waals surface area contributed by atoms with E-state index < -0.39 is 0 Å². The molecule has 124 valence electrons. The maximum Gasteiger partial charge on any atom is 0.261 e. The van der Waals surface area contributed by atoms with Crippen molar-refractivity contribution in [2.75, 3.05) is 19.8 Å². The number of amidine groups is 1. The van der Waals surface area contributed by atoms with Crippen LogP contribution in [0.15, 0.2) is 52.7 Å². The molecule has 1 amide bonds. The first-order chi connectivity index (χ1) is 12.3. The summed E-state index contributed by atoms with van der Waals surface area (Å²) in [6.45, 7) is 1.22. The number of hydrogen-bond donors (Lipinski definition) is 1. The Balaban J connectivity index is 1.66. The van der Waals surface area contributed by atoms with Crippen LogP contribution in [0.1, 0.15) is 16.7 Å². The third-order valence-corrected chi connectivity index (χ3v) is 4.28. The highest BCUT2D eigenvalue weighted by Crippen LogP contribution is 2.33. The highest BCUT2D eigenvalue weighted by molar-refractivity contribution is 6.22. The molecule has 2 aromatic rings. The highest BCUT2D eigenvalue weighted by atomic mass is 16.6. The molecule has 0 saturated carbocycles. The van der Waals surface area contributed by atoms with Gasteiger partial charge in [-0.3, -0.25) is 4.79 Å². The molecule has 0 aliphatic carbocycles. The number of hydrogen-bond acceptors (Lipinski definition) is 6. The fourth-order valence-electron chi connectivity index (χ4n) is 3.16. The van der Waals surface area contributed by atoms with E-state index in [4.69, 9.17) is 9.47 Å². The van der Waals surface area contributed by atoms with Gasteiger partial charge in [0.15, 0.2) is 17.3 Å². The summed E-state index contributed by atoms with van der Waals surface area (Å²) in [5.41, 5.74) is 6.10. The molecule has 2 aromatic carbocycles. The Bertz CT molecular complexity index is 951. The zero-order chi connectivity index (χ0) is 16.8. The van der Waals surface area contributed by atoms with Gasteiger partial charge in [-0.1, -0.05) is 24.3 Å². The molecule has 0 bridgehead atoms. The fourth-order valence-corrected chi connectivity index (χ4v) is 3.16. The van der Waals surface area contributed by atoms with Gasteiger partial charge in [-0.2, -0.15) is 10.2 Å². The lowest BCUT2D eigenvalue weighted by molar-refractivity contribution is -0.122. The Kier molecular flexibility index (Phi) is 3.00. The van der Waals surface area contributed by atoms with Gasteiger partial charge in [0.2, 0.25) is 0 Å². The second kappa shape index (κ2) is 5.34. The second-order valence-electron chi connectivity index (χ2n) is 5.88. The SMILES string of the molecule is O=C1CN2N=C(c3ccc4c(c3)OCCO4)c3ccccc3C2=NN1. The summed E-state index contributed by atoms with van der Waals surface area (Å²) in [5.74, 6) is 1.91. The van der Waals surface area contributed by atoms with Crippen molar-refractivity contribution in [3.05, 3.63) is 59.2 Å². The van der Waals surface area contributed by atoms with E-state index in [0.29, 0.717) is 24.8 Å². The largest absolute Gasteiger partial charge is 0.486 e. The minimum absolute atomic E-state index is 0.140. The zero-order valence-corrected chi connectivity index (χ0v) is 13.2. The van der Waals surface area contributed by atoms with Crippen molar-refractivity contribution < 1.29 is 14.3 Å². The number of fused-ring (bicyclic) bond motifs is 4. The van der Waals surface area contributed by atoms with E-state index in [1.165, 1.54) is 0 Å². The predicted molar refractivity (Wildman–Crippen MR) is 90.9 cm³/mol. The second-order valence-corrected chi connectivity index (χ2v) is 5.88. The number of amides is 1. The first kappa shape index (κ1) is 14.0. The van der Waals surface area contributed by atoms with Crippen LogP contribution in [0.25, 0.3) is 0 Å². The average Bonchev–Trinajstić information content (AvgIpc) is 2.66. The smallest absolute Gasteiger partial charge is 0.261 e. The molecular weight excluding hydrogens is 320 g/mol. The monoisotopic (exact) mass is 334 g/mol. The lowest BCUT2D eigenvalue weighted by atomic mass is 9.95. The Labute approximate surface area is 143 Å². The first-order valence-electron chi connectivity index (χ1n) is 8.02. The molecule has 1 N–H and O–H groups in total. The molecule has 5 rings (SSSR count). The highest BCUT2D eigenvalue weighted by Gasteiger charge is 2.30. The maximum absolute atomic E-state index is 11.7. The van der Waals surface area contributed by atoms with Crippen LogP contribution in [0.2, 0.25) is 0 Å². The van der Waals surface area contributed by atoms with Crippen LogP contribution in [0.3, 0.4) is 0 Å². The van der Waals surface area contributed by atoms with Crippen LogP contribution in [0.4, 0.5) is 0 Å². The van der Waals surface area contributed by atoms with Crippen molar-refractivity contribution in [3.63, 3.8) is 0 Å². The summed E-state index contributed by atoms with van der Waals surface area (Å²) >= 11 is 0. The third-order valence-electron chi connectivity index (χ3n) is 4.28. The quantitative estimate of drug-likeness (QED) is 0.853. The van der Waals surface area contributed by atoms with Crippen LogP contribution in [0.5, 0.6) is 11.5 Å². The molecule has 0 atom stereocenters. The van der Waals surface area contributed by atoms with Crippen LogP contribution in [0, 0.1) is 0 Å². The van der Waals surface area contributed by atoms with E-state index in [-0.39, 0.29) is 12.5 Å². The van der Waals surface area contributed by atoms with E-state index >= 15 is 0 Å². The van der Waals surface area contributed by atoms with Gasteiger partial charge >= 0.3 is 0 Å². The summed E-state index contributed by atoms with van der Waals surface area (Å²) in [4.78, 5) is 11.7. The minimum Gasteiger partial charge on any atom is -0.486 e. The number of ether oxygens (including phenoxy) is 2. The number of nitrogens with zero attached hydrogens (tertiary/aromatic N) is 3. The van der Waals surface area contributed by atoms with E-state index in [2.05, 4.69) is 15.6 Å². The molecule has 0 aromatic heterocycles. The number of carbonyl (C=O) groups excluding carboxylic acids is 1. The van der Waals surface area contributed by atoms with Crippen molar-refractivity contribution in [1.82, 2.24) is 10.4 Å². The molecule has 0 spiro atoms. The molecule has 0 saturated heterocycles. The topological polar surface area (TPSA) is 75.5 Å². The molecular formula is C18H14N4O3. The number of rotatable bonds is 1. The Morgan fingerprint density at radius 1 is 1.00 bits per heavy atom. The Hall–Kier alpha value is -3.35. The number of benzene rings is 2. The van der Waals surface area contributed by atoms with Gasteiger partial charge < -0.3 is 9.47 Å². The van der Waals surface area contributed by atoms with Gasteiger partial charge in [-0.25, -0.2) is 10.4 Å². The zero-order valence-electron chi connectivity index (χ0n) is 13.2. The first-order valence-corrected chi connectivity index (χ1v) is 8.02. The van der Waals surface area contributed by atoms with Crippen LogP contribution in [-0.2, 0) is 4.79 Å². The van der Waals surface area contributed by atoms with Crippen molar-refractivity contribution in [2.24, 2.45) is 10.2 Å². The number of carbonyl (C=O) groups is 1. The lowest BCUT2D eigenvalue weighted by Gasteiger charge is -2.30. The van der Waals surface area contributed by atoms with E-state index in [1.807, 2.05) is 42.5 Å². The molecule has 7 nitrogen and oxygen atoms in total. The standard InChI is InChI=1S/C18H14N4O3/c23-16-10-22-18(20-19-16)13-4-2-1-3-12(13)17(21-22)11-5-6-14-15(9-11)25-8-7-24-14/h1-6,9H,7-8,10H2,(H,19,23). The van der Waals surface area contributed by atoms with Gasteiger partial charge in [0.1, 0.15) is 19.8 Å². The molecule has 7 heteroatoms. The Morgan fingerprint density at radius 2 is 1.80 bits per heavy atom. The van der Waals surface area contributed by atoms with Crippen molar-refractivity contribution >= 4 is 17.5 Å². The molecule has 0 fully saturated rings. The van der Waals surface area contributed by atoms with E-state index in [1.54, 1.807) is 5.01 Å². The van der Waals surface area contributed by atoms with Crippen molar-refractivity contribution in [3.8, 4) is 11.5 Å². The maximum atomic E-state index is 11.7. The van der Waals surface area contributed by atoms with Crippen LogP contribution >= 0.6 is 0 Å². The fraction of sp³-hybridized carbons (Fsp3) is 0.167. The number of hydrazone groups is 2. The molecule has 0 radical (unpaired) electrons. The summed E-state index contributed by atoms with van der Waals surface area (Å²) in [6.07, 6.45) is 0. The summed E-state index contributed by atoms with van der Waals surface area (Å²) in [6, 6.07) is 13.7. The van der Waals surface area contributed by atoms with Gasteiger partial charge in [-0.05, 0) is 18.2 Å². The van der Waals surface area contributed by atoms with Crippen LogP contribution in [-0.4, -0.2) is 42.2 Å². The molecule has 25 heavy (non-hydrogen) atoms. The lowest BCUT2D eigenvalue weighted by Crippen LogP contribution is -2.45. The molecule has 0 unspecified atom stereocenters. The van der Waals surface area contributed by atoms with Crippen molar-refractivity contribution in [2.45, 2.75) is 0 Å². The van der Waals surface area contributed by atoms with E-state index in [0.717, 1.165) is 28.2 Å². The van der Waals surface area contributed by atoms with Gasteiger partial charge in [0.05, 0.1) is 5.71 Å². The third kappa shape index (κ3) is 2.24. The summed E-state index contributed by atoms with van der Waals surface area (Å²) in [5, 5.41) is 10.5. The van der Waals surface area contributed by atoms with E-state index in [9.17, 15) is 4.79 Å². The normalized spacial score (nSPS) is 17.8. The summed E-state index contributed by atoms with van der Waals surface area (Å²) < 4.78 is 11.3.